The summed E-state index contributed by atoms with van der Waals surface area (Å²) >= 11 is 6.68. The van der Waals surface area contributed by atoms with Gasteiger partial charge in [0.1, 0.15) is 9.96 Å². The zero-order valence-corrected chi connectivity index (χ0v) is 18.8. The molecule has 4 aromatic rings. The Labute approximate surface area is 191 Å². The van der Waals surface area contributed by atoms with E-state index in [1.807, 2.05) is 0 Å². The number of aromatic nitrogens is 2. The molecule has 3 aromatic heterocycles. The van der Waals surface area contributed by atoms with Crippen LogP contribution in [0.25, 0.3) is 22.2 Å². The third-order valence-corrected chi connectivity index (χ3v) is 8.15. The van der Waals surface area contributed by atoms with Crippen molar-refractivity contribution < 1.29 is 13.2 Å². The molecule has 0 amide bonds. The van der Waals surface area contributed by atoms with E-state index >= 15 is 0 Å². The number of pyridine rings is 1. The number of carbonyl (C=O) groups excluding carboxylic acids is 1. The summed E-state index contributed by atoms with van der Waals surface area (Å²) in [6, 6.07) is 13.8. The van der Waals surface area contributed by atoms with Crippen LogP contribution in [0.15, 0.2) is 74.6 Å². The molecule has 0 radical (unpaired) electrons. The molecule has 1 N–H and O–H groups in total. The molecule has 32 heavy (non-hydrogen) atoms. The number of carbonyl (C=O) groups is 1. The molecule has 1 aromatic carbocycles. The van der Waals surface area contributed by atoms with Crippen molar-refractivity contribution in [2.24, 2.45) is 0 Å². The van der Waals surface area contributed by atoms with E-state index in [-0.39, 0.29) is 27.3 Å². The van der Waals surface area contributed by atoms with Crippen molar-refractivity contribution in [3.8, 4) is 11.3 Å². The van der Waals surface area contributed by atoms with E-state index in [9.17, 15) is 22.8 Å². The summed E-state index contributed by atoms with van der Waals surface area (Å²) in [7, 11) is -3.76. The van der Waals surface area contributed by atoms with Crippen molar-refractivity contribution in [3.63, 3.8) is 0 Å². The van der Waals surface area contributed by atoms with Crippen molar-refractivity contribution in [1.29, 1.82) is 0 Å². The molecule has 0 spiro atoms. The van der Waals surface area contributed by atoms with Gasteiger partial charge in [0.15, 0.2) is 21.0 Å². The summed E-state index contributed by atoms with van der Waals surface area (Å²) in [6.45, 7) is 0. The van der Waals surface area contributed by atoms with Gasteiger partial charge in [0.05, 0.1) is 21.1 Å². The number of thiophene rings is 1. The zero-order valence-electron chi connectivity index (χ0n) is 16.4. The minimum Gasteiger partial charge on any atom is -0.322 e. The predicted octanol–water partition coefficient (Wildman–Crippen LogP) is 3.25. The van der Waals surface area contributed by atoms with E-state index < -0.39 is 26.9 Å². The maximum absolute atomic E-state index is 12.9. The van der Waals surface area contributed by atoms with Crippen LogP contribution < -0.4 is 11.0 Å². The van der Waals surface area contributed by atoms with Crippen molar-refractivity contribution >= 4 is 49.5 Å². The van der Waals surface area contributed by atoms with Gasteiger partial charge in [0.2, 0.25) is 5.56 Å². The van der Waals surface area contributed by atoms with Gasteiger partial charge in [-0.2, -0.15) is 0 Å². The van der Waals surface area contributed by atoms with Crippen LogP contribution in [0, 0.1) is 0 Å². The van der Waals surface area contributed by atoms with Gasteiger partial charge in [-0.15, -0.1) is 11.3 Å². The van der Waals surface area contributed by atoms with Gasteiger partial charge in [-0.1, -0.05) is 29.8 Å². The molecule has 0 saturated carbocycles. The largest absolute Gasteiger partial charge is 0.322 e. The summed E-state index contributed by atoms with van der Waals surface area (Å²) in [4.78, 5) is 44.3. The quantitative estimate of drug-likeness (QED) is 0.447. The minimum absolute atomic E-state index is 0.0432. The first-order chi connectivity index (χ1) is 15.2. The van der Waals surface area contributed by atoms with Crippen LogP contribution in [0.3, 0.4) is 0 Å². The molecule has 0 aliphatic heterocycles. The molecule has 0 saturated heterocycles. The second kappa shape index (κ2) is 8.78. The number of nitrogens with one attached hydrogen (secondary N) is 1. The predicted molar refractivity (Wildman–Crippen MR) is 124 cm³/mol. The smallest absolute Gasteiger partial charge is 0.249 e. The average molecular weight is 487 g/mol. The van der Waals surface area contributed by atoms with Crippen LogP contribution >= 0.6 is 22.9 Å². The molecule has 0 bridgehead atoms. The summed E-state index contributed by atoms with van der Waals surface area (Å²) in [6.07, 6.45) is 1.26. The Kier molecular flexibility index (Phi) is 6.05. The van der Waals surface area contributed by atoms with Gasteiger partial charge in [-0.05, 0) is 35.9 Å². The summed E-state index contributed by atoms with van der Waals surface area (Å²) in [5, 5.41) is 0.351. The number of nitrogens with zero attached hydrogens (tertiary/aromatic N) is 1. The maximum atomic E-state index is 12.9. The van der Waals surface area contributed by atoms with Crippen LogP contribution in [-0.4, -0.2) is 29.9 Å². The van der Waals surface area contributed by atoms with Gasteiger partial charge in [-0.3, -0.25) is 19.4 Å². The lowest BCUT2D eigenvalue weighted by Crippen LogP contribution is -2.17. The fourth-order valence-corrected chi connectivity index (χ4v) is 6.02. The molecular weight excluding hydrogens is 472 g/mol. The highest BCUT2D eigenvalue weighted by Crippen LogP contribution is 2.26. The lowest BCUT2D eigenvalue weighted by Gasteiger charge is -2.03. The third-order valence-electron chi connectivity index (χ3n) is 4.66. The number of aromatic amines is 1. The molecule has 10 heteroatoms. The van der Waals surface area contributed by atoms with E-state index in [0.717, 1.165) is 11.3 Å². The van der Waals surface area contributed by atoms with Gasteiger partial charge < -0.3 is 4.98 Å². The number of benzene rings is 1. The number of fused-ring (bicyclic) bond motifs is 1. The van der Waals surface area contributed by atoms with Crippen LogP contribution in [0.1, 0.15) is 5.56 Å². The first-order valence-corrected chi connectivity index (χ1v) is 12.2. The van der Waals surface area contributed by atoms with Gasteiger partial charge in [0, 0.05) is 24.1 Å². The van der Waals surface area contributed by atoms with Crippen LogP contribution in [0.2, 0.25) is 4.34 Å². The number of hydrogen-bond acceptors (Lipinski definition) is 7. The molecule has 0 fully saturated rings. The summed E-state index contributed by atoms with van der Waals surface area (Å²) < 4.78 is 25.1. The van der Waals surface area contributed by atoms with Gasteiger partial charge in [-0.25, -0.2) is 8.42 Å². The molecule has 3 heterocycles. The van der Waals surface area contributed by atoms with Crippen LogP contribution in [0.4, 0.5) is 0 Å². The molecular formula is C22H15ClN2O5S2. The molecule has 4 rings (SSSR count). The Hall–Kier alpha value is -3.14. The van der Waals surface area contributed by atoms with Crippen molar-refractivity contribution in [2.45, 2.75) is 10.6 Å². The van der Waals surface area contributed by atoms with Gasteiger partial charge >= 0.3 is 0 Å². The van der Waals surface area contributed by atoms with Crippen molar-refractivity contribution in [2.75, 3.05) is 5.75 Å². The number of para-hydroxylation sites is 1. The first kappa shape index (κ1) is 22.1. The lowest BCUT2D eigenvalue weighted by molar-refractivity contribution is -0.116. The van der Waals surface area contributed by atoms with E-state index in [4.69, 9.17) is 11.6 Å². The second-order valence-electron chi connectivity index (χ2n) is 7.01. The Morgan fingerprint density at radius 1 is 1.06 bits per heavy atom. The molecule has 0 atom stereocenters. The van der Waals surface area contributed by atoms with Crippen molar-refractivity contribution in [1.82, 2.24) is 9.97 Å². The molecule has 7 nitrogen and oxygen atoms in total. The van der Waals surface area contributed by atoms with Crippen molar-refractivity contribution in [3.05, 3.63) is 91.3 Å². The molecule has 162 valence electrons. The molecule has 0 aliphatic carbocycles. The number of hydrogen-bond donors (Lipinski definition) is 1. The summed E-state index contributed by atoms with van der Waals surface area (Å²) in [5.74, 6) is -1.14. The SMILES string of the molecule is O=C(Cc1ccc(-c2cc(=O)[nH]c3ccccc3c2=O)nc1)CS(=O)(=O)c1ccc(Cl)s1. The van der Waals surface area contributed by atoms with E-state index in [1.165, 1.54) is 30.5 Å². The summed E-state index contributed by atoms with van der Waals surface area (Å²) in [5.41, 5.74) is 0.518. The van der Waals surface area contributed by atoms with E-state index in [0.29, 0.717) is 20.8 Å². The monoisotopic (exact) mass is 486 g/mol. The number of Topliss-reactive ketones (excluding diaryl/α,β-unsaturated/α-hetero) is 1. The van der Waals surface area contributed by atoms with E-state index in [2.05, 4.69) is 9.97 Å². The fraction of sp³-hybridized carbons (Fsp3) is 0.0909. The highest BCUT2D eigenvalue weighted by atomic mass is 35.5. The van der Waals surface area contributed by atoms with Gasteiger partial charge in [0.25, 0.3) is 0 Å². The fourth-order valence-electron chi connectivity index (χ4n) is 3.21. The molecule has 0 unspecified atom stereocenters. The Bertz CT molecular complexity index is 1560. The lowest BCUT2D eigenvalue weighted by atomic mass is 10.1. The highest BCUT2D eigenvalue weighted by Gasteiger charge is 2.21. The maximum Gasteiger partial charge on any atom is 0.249 e. The average Bonchev–Trinajstić information content (AvgIpc) is 3.14. The number of halogens is 1. The third kappa shape index (κ3) is 4.69. The molecule has 0 aliphatic rings. The minimum atomic E-state index is -3.76. The first-order valence-electron chi connectivity index (χ1n) is 9.34. The normalized spacial score (nSPS) is 11.5. The van der Waals surface area contributed by atoms with Crippen LogP contribution in [0.5, 0.6) is 0 Å². The number of ketones is 1. The van der Waals surface area contributed by atoms with Crippen LogP contribution in [-0.2, 0) is 21.1 Å². The number of rotatable bonds is 6. The number of H-pyrrole nitrogens is 1. The Balaban J connectivity index is 1.58. The highest BCUT2D eigenvalue weighted by molar-refractivity contribution is 7.94. The topological polar surface area (TPSA) is 114 Å². The second-order valence-corrected chi connectivity index (χ2v) is 10.9. The zero-order chi connectivity index (χ0) is 22.9. The Morgan fingerprint density at radius 3 is 2.53 bits per heavy atom. The standard InChI is InChI=1S/C22H15ClN2O5S2/c23-19-7-8-21(31-19)32(29,30)12-14(26)9-13-5-6-17(24-11-13)16-10-20(27)25-18-4-2-1-3-15(18)22(16)28/h1-8,10-11H,9,12H2,(H,25,27). The number of sulfone groups is 1. The van der Waals surface area contributed by atoms with E-state index in [1.54, 1.807) is 30.3 Å². The Morgan fingerprint density at radius 2 is 1.84 bits per heavy atom.